The Kier molecular flexibility index (Phi) is 6.75. The number of benzene rings is 4. The molecule has 1 aliphatic heterocycles. The predicted octanol–water partition coefficient (Wildman–Crippen LogP) is 5.34. The second-order valence-corrected chi connectivity index (χ2v) is 8.77. The molecule has 0 atom stereocenters. The minimum atomic E-state index is -0.649. The molecule has 1 heterocycles. The molecule has 1 saturated heterocycles. The van der Waals surface area contributed by atoms with Gasteiger partial charge in [-0.15, -0.1) is 0 Å². The summed E-state index contributed by atoms with van der Waals surface area (Å²) >= 11 is 5.28. The van der Waals surface area contributed by atoms with E-state index in [4.69, 9.17) is 22.7 Å². The van der Waals surface area contributed by atoms with Gasteiger partial charge in [0.1, 0.15) is 22.8 Å². The Morgan fingerprint density at radius 3 is 2.21 bits per heavy atom. The summed E-state index contributed by atoms with van der Waals surface area (Å²) in [6, 6.07) is 28.0. The van der Waals surface area contributed by atoms with Crippen LogP contribution >= 0.6 is 12.2 Å². The number of phenolic OH excluding ortho intramolecular Hbond substituents is 1. The number of anilines is 4. The molecule has 1 fully saturated rings. The van der Waals surface area contributed by atoms with Crippen molar-refractivity contribution in [3.63, 3.8) is 0 Å². The van der Waals surface area contributed by atoms with Crippen molar-refractivity contribution in [2.75, 3.05) is 16.0 Å². The van der Waals surface area contributed by atoms with Crippen molar-refractivity contribution in [1.29, 1.82) is 0 Å². The van der Waals surface area contributed by atoms with E-state index in [0.717, 1.165) is 5.69 Å². The Morgan fingerprint density at radius 2 is 1.53 bits per heavy atom. The van der Waals surface area contributed by atoms with E-state index in [9.17, 15) is 14.7 Å². The third-order valence-corrected chi connectivity index (χ3v) is 5.99. The van der Waals surface area contributed by atoms with Crippen LogP contribution in [0, 0.1) is 0 Å². The van der Waals surface area contributed by atoms with Crippen LogP contribution in [0.2, 0.25) is 0 Å². The van der Waals surface area contributed by atoms with Gasteiger partial charge in [-0.05, 0) is 91.1 Å². The highest BCUT2D eigenvalue weighted by Gasteiger charge is 2.34. The van der Waals surface area contributed by atoms with Gasteiger partial charge in [0.05, 0.1) is 5.69 Å². The van der Waals surface area contributed by atoms with Crippen LogP contribution in [0.3, 0.4) is 0 Å². The SMILES string of the molecule is Nc1ccc(Nc2ccc(C=C3C(=O)NC(=S)N(c4ccc(Oc5ccccc5)cc4)C3=O)c(O)c2)cc1. The van der Waals surface area contributed by atoms with E-state index in [-0.39, 0.29) is 16.4 Å². The number of thiocarbonyl (C=S) groups is 1. The number of rotatable bonds is 6. The molecular weight excluding hydrogens is 500 g/mol. The Balaban J connectivity index is 1.36. The van der Waals surface area contributed by atoms with Crippen LogP contribution < -0.4 is 26.0 Å². The lowest BCUT2D eigenvalue weighted by atomic mass is 10.1. The number of ether oxygens (including phenoxy) is 1. The average molecular weight is 523 g/mol. The Hall–Kier alpha value is -5.15. The van der Waals surface area contributed by atoms with E-state index in [0.29, 0.717) is 34.1 Å². The number of hydrogen-bond acceptors (Lipinski definition) is 7. The van der Waals surface area contributed by atoms with E-state index < -0.39 is 11.8 Å². The molecule has 0 aromatic heterocycles. The minimum Gasteiger partial charge on any atom is -0.507 e. The van der Waals surface area contributed by atoms with Crippen LogP contribution in [-0.4, -0.2) is 22.0 Å². The molecule has 0 bridgehead atoms. The molecule has 0 radical (unpaired) electrons. The predicted molar refractivity (Wildman–Crippen MR) is 151 cm³/mol. The first-order valence-electron chi connectivity index (χ1n) is 11.6. The van der Waals surface area contributed by atoms with Gasteiger partial charge >= 0.3 is 0 Å². The molecule has 9 heteroatoms. The highest BCUT2D eigenvalue weighted by Crippen LogP contribution is 2.30. The first-order chi connectivity index (χ1) is 18.4. The van der Waals surface area contributed by atoms with Crippen molar-refractivity contribution < 1.29 is 19.4 Å². The number of hydrogen-bond donors (Lipinski definition) is 4. The summed E-state index contributed by atoms with van der Waals surface area (Å²) in [5, 5.41) is 16.3. The number of carbonyl (C=O) groups excluding carboxylic acids is 2. The molecule has 2 amide bonds. The molecule has 0 saturated carbocycles. The summed E-state index contributed by atoms with van der Waals surface area (Å²) in [6.07, 6.45) is 1.33. The summed E-state index contributed by atoms with van der Waals surface area (Å²) in [5.41, 5.74) is 8.35. The number of nitrogens with one attached hydrogen (secondary N) is 2. The van der Waals surface area contributed by atoms with Crippen LogP contribution in [0.4, 0.5) is 22.7 Å². The van der Waals surface area contributed by atoms with Gasteiger partial charge in [0, 0.05) is 28.7 Å². The van der Waals surface area contributed by atoms with Gasteiger partial charge in [0.2, 0.25) is 0 Å². The molecule has 0 aliphatic carbocycles. The molecule has 5 N–H and O–H groups in total. The van der Waals surface area contributed by atoms with Crippen LogP contribution in [-0.2, 0) is 9.59 Å². The summed E-state index contributed by atoms with van der Waals surface area (Å²) in [5.74, 6) is -0.118. The number of amides is 2. The largest absolute Gasteiger partial charge is 0.507 e. The van der Waals surface area contributed by atoms with Crippen LogP contribution in [0.15, 0.2) is 103 Å². The van der Waals surface area contributed by atoms with Gasteiger partial charge in [-0.25, -0.2) is 0 Å². The van der Waals surface area contributed by atoms with Gasteiger partial charge in [0.15, 0.2) is 5.11 Å². The van der Waals surface area contributed by atoms with Crippen LogP contribution in [0.1, 0.15) is 5.56 Å². The average Bonchev–Trinajstić information content (AvgIpc) is 2.90. The van der Waals surface area contributed by atoms with Gasteiger partial charge < -0.3 is 20.9 Å². The maximum Gasteiger partial charge on any atom is 0.270 e. The molecule has 38 heavy (non-hydrogen) atoms. The van der Waals surface area contributed by atoms with Gasteiger partial charge in [-0.3, -0.25) is 19.8 Å². The quantitative estimate of drug-likeness (QED) is 0.117. The fourth-order valence-corrected chi connectivity index (χ4v) is 4.09. The lowest BCUT2D eigenvalue weighted by Gasteiger charge is -2.29. The lowest BCUT2D eigenvalue weighted by Crippen LogP contribution is -2.54. The maximum atomic E-state index is 13.3. The third kappa shape index (κ3) is 5.32. The molecule has 0 spiro atoms. The summed E-state index contributed by atoms with van der Waals surface area (Å²) < 4.78 is 5.80. The highest BCUT2D eigenvalue weighted by molar-refractivity contribution is 7.80. The highest BCUT2D eigenvalue weighted by atomic mass is 32.1. The number of aromatic hydroxyl groups is 1. The van der Waals surface area contributed by atoms with Crippen molar-refractivity contribution in [2.45, 2.75) is 0 Å². The molecule has 188 valence electrons. The van der Waals surface area contributed by atoms with E-state index >= 15 is 0 Å². The number of nitrogen functional groups attached to an aromatic ring is 1. The molecule has 0 unspecified atom stereocenters. The minimum absolute atomic E-state index is 0.0406. The zero-order chi connectivity index (χ0) is 26.6. The zero-order valence-electron chi connectivity index (χ0n) is 19.9. The Labute approximate surface area is 224 Å². The van der Waals surface area contributed by atoms with Crippen molar-refractivity contribution in [2.24, 2.45) is 0 Å². The smallest absolute Gasteiger partial charge is 0.270 e. The second-order valence-electron chi connectivity index (χ2n) is 8.39. The second kappa shape index (κ2) is 10.5. The van der Waals surface area contributed by atoms with Crippen LogP contribution in [0.5, 0.6) is 17.2 Å². The molecule has 4 aromatic carbocycles. The molecule has 1 aliphatic rings. The van der Waals surface area contributed by atoms with Crippen LogP contribution in [0.25, 0.3) is 6.08 Å². The van der Waals surface area contributed by atoms with Gasteiger partial charge in [-0.2, -0.15) is 0 Å². The summed E-state index contributed by atoms with van der Waals surface area (Å²) in [7, 11) is 0. The number of carbonyl (C=O) groups is 2. The van der Waals surface area contributed by atoms with Crippen molar-refractivity contribution in [3.05, 3.63) is 108 Å². The lowest BCUT2D eigenvalue weighted by molar-refractivity contribution is -0.122. The first-order valence-corrected chi connectivity index (χ1v) is 12.0. The van der Waals surface area contributed by atoms with E-state index in [1.54, 1.807) is 48.5 Å². The van der Waals surface area contributed by atoms with E-state index in [1.807, 2.05) is 42.5 Å². The number of nitrogens with two attached hydrogens (primary N) is 1. The molecule has 8 nitrogen and oxygen atoms in total. The number of phenols is 1. The third-order valence-electron chi connectivity index (χ3n) is 5.71. The van der Waals surface area contributed by atoms with Gasteiger partial charge in [-0.1, -0.05) is 18.2 Å². The maximum absolute atomic E-state index is 13.3. The molecule has 4 aromatic rings. The van der Waals surface area contributed by atoms with Crippen molar-refractivity contribution >= 4 is 58.0 Å². The fraction of sp³-hybridized carbons (Fsp3) is 0. The zero-order valence-corrected chi connectivity index (χ0v) is 20.7. The van der Waals surface area contributed by atoms with Crippen molar-refractivity contribution in [3.8, 4) is 17.2 Å². The van der Waals surface area contributed by atoms with E-state index in [1.165, 1.54) is 17.0 Å². The monoisotopic (exact) mass is 522 g/mol. The summed E-state index contributed by atoms with van der Waals surface area (Å²) in [4.78, 5) is 27.2. The fourth-order valence-electron chi connectivity index (χ4n) is 3.81. The normalized spacial score (nSPS) is 14.4. The van der Waals surface area contributed by atoms with Crippen molar-refractivity contribution in [1.82, 2.24) is 5.32 Å². The number of nitrogens with zero attached hydrogens (tertiary/aromatic N) is 1. The standard InChI is InChI=1S/C29H22N4O4S/c30-19-7-10-20(11-8-19)31-21-9-6-18(26(34)17-21)16-25-27(35)32-29(38)33(28(25)36)22-12-14-24(15-13-22)37-23-4-2-1-3-5-23/h1-17,31,34H,30H2,(H,32,35,38). The Bertz CT molecular complexity index is 1550. The number of para-hydroxylation sites is 1. The topological polar surface area (TPSA) is 117 Å². The van der Waals surface area contributed by atoms with E-state index in [2.05, 4.69) is 10.6 Å². The van der Waals surface area contributed by atoms with Gasteiger partial charge in [0.25, 0.3) is 11.8 Å². The first kappa shape index (κ1) is 24.5. The Morgan fingerprint density at radius 1 is 0.868 bits per heavy atom. The summed E-state index contributed by atoms with van der Waals surface area (Å²) in [6.45, 7) is 0. The molecular formula is C29H22N4O4S. The molecule has 5 rings (SSSR count).